The molecule has 0 aromatic heterocycles. The summed E-state index contributed by atoms with van der Waals surface area (Å²) in [5, 5.41) is 12.6. The first-order valence-electron chi connectivity index (χ1n) is 5.76. The van der Waals surface area contributed by atoms with Crippen molar-refractivity contribution in [2.75, 3.05) is 19.8 Å². The maximum Gasteiger partial charge on any atom is 0.0741 e. The van der Waals surface area contributed by atoms with Crippen molar-refractivity contribution >= 4 is 0 Å². The molecule has 0 bridgehead atoms. The van der Waals surface area contributed by atoms with Crippen molar-refractivity contribution in [2.24, 2.45) is 11.7 Å². The molecule has 0 saturated carbocycles. The van der Waals surface area contributed by atoms with Gasteiger partial charge in [0.15, 0.2) is 0 Å². The Morgan fingerprint density at radius 3 is 2.67 bits per heavy atom. The highest BCUT2D eigenvalue weighted by molar-refractivity contribution is 5.00. The van der Waals surface area contributed by atoms with Crippen LogP contribution in [-0.4, -0.2) is 42.5 Å². The molecule has 1 aliphatic rings. The Kier molecular flexibility index (Phi) is 4.52. The first-order chi connectivity index (χ1) is 7.05. The first kappa shape index (κ1) is 12.9. The lowest BCUT2D eigenvalue weighted by Crippen LogP contribution is -2.60. The van der Waals surface area contributed by atoms with Crippen molar-refractivity contribution in [3.8, 4) is 0 Å². The number of nitrogens with two attached hydrogens (primary N) is 1. The molecule has 0 aromatic carbocycles. The van der Waals surface area contributed by atoms with Crippen LogP contribution < -0.4 is 11.1 Å². The Labute approximate surface area is 92.2 Å². The molecule has 0 aromatic rings. The molecule has 90 valence electrons. The third-order valence-corrected chi connectivity index (χ3v) is 3.72. The summed E-state index contributed by atoms with van der Waals surface area (Å²) in [6, 6.07) is 0.252. The zero-order valence-electron chi connectivity index (χ0n) is 9.99. The van der Waals surface area contributed by atoms with Crippen LogP contribution in [0.1, 0.15) is 27.2 Å². The fourth-order valence-corrected chi connectivity index (χ4v) is 2.05. The second kappa shape index (κ2) is 5.25. The molecule has 1 saturated heterocycles. The summed E-state index contributed by atoms with van der Waals surface area (Å²) >= 11 is 0. The van der Waals surface area contributed by atoms with Crippen molar-refractivity contribution in [2.45, 2.75) is 44.9 Å². The quantitative estimate of drug-likeness (QED) is 0.610. The highest BCUT2D eigenvalue weighted by Gasteiger charge is 2.41. The summed E-state index contributed by atoms with van der Waals surface area (Å²) in [4.78, 5) is 0. The van der Waals surface area contributed by atoms with Crippen LogP contribution in [-0.2, 0) is 4.74 Å². The second-order valence-electron chi connectivity index (χ2n) is 4.72. The van der Waals surface area contributed by atoms with Crippen molar-refractivity contribution < 1.29 is 9.84 Å². The van der Waals surface area contributed by atoms with E-state index in [-0.39, 0.29) is 30.2 Å². The van der Waals surface area contributed by atoms with Crippen LogP contribution in [0.25, 0.3) is 0 Å². The van der Waals surface area contributed by atoms with E-state index in [9.17, 15) is 0 Å². The van der Waals surface area contributed by atoms with Crippen molar-refractivity contribution in [1.29, 1.82) is 0 Å². The molecule has 0 spiro atoms. The molecule has 0 aliphatic carbocycles. The molecule has 4 unspecified atom stereocenters. The Morgan fingerprint density at radius 2 is 2.27 bits per heavy atom. The van der Waals surface area contributed by atoms with Crippen LogP contribution in [0.15, 0.2) is 0 Å². The average Bonchev–Trinajstić information content (AvgIpc) is 2.59. The number of hydrogen-bond acceptors (Lipinski definition) is 4. The molecule has 4 heteroatoms. The molecule has 1 fully saturated rings. The van der Waals surface area contributed by atoms with Gasteiger partial charge in [-0.1, -0.05) is 6.92 Å². The Hall–Kier alpha value is -0.160. The van der Waals surface area contributed by atoms with Gasteiger partial charge in [-0.3, -0.25) is 0 Å². The van der Waals surface area contributed by atoms with E-state index in [4.69, 9.17) is 15.6 Å². The van der Waals surface area contributed by atoms with E-state index in [1.807, 2.05) is 6.92 Å². The molecule has 0 amide bonds. The summed E-state index contributed by atoms with van der Waals surface area (Å²) in [7, 11) is 0. The molecule has 15 heavy (non-hydrogen) atoms. The van der Waals surface area contributed by atoms with Crippen molar-refractivity contribution in [1.82, 2.24) is 5.32 Å². The van der Waals surface area contributed by atoms with Gasteiger partial charge in [0, 0.05) is 25.8 Å². The highest BCUT2D eigenvalue weighted by Crippen LogP contribution is 2.26. The van der Waals surface area contributed by atoms with Crippen LogP contribution in [0.5, 0.6) is 0 Å². The zero-order valence-corrected chi connectivity index (χ0v) is 9.99. The molecule has 4 N–H and O–H groups in total. The number of aliphatic hydroxyl groups excluding tert-OH is 1. The van der Waals surface area contributed by atoms with E-state index in [0.29, 0.717) is 6.54 Å². The van der Waals surface area contributed by atoms with E-state index in [0.717, 1.165) is 13.0 Å². The van der Waals surface area contributed by atoms with Crippen LogP contribution >= 0.6 is 0 Å². The van der Waals surface area contributed by atoms with Gasteiger partial charge in [0.05, 0.1) is 11.6 Å². The van der Waals surface area contributed by atoms with E-state index in [2.05, 4.69) is 19.2 Å². The predicted octanol–water partition coefficient (Wildman–Crippen LogP) is 0.0992. The fraction of sp³-hybridized carbons (Fsp3) is 1.00. The lowest BCUT2D eigenvalue weighted by Gasteiger charge is -2.36. The van der Waals surface area contributed by atoms with Crippen molar-refractivity contribution in [3.05, 3.63) is 0 Å². The molecule has 0 radical (unpaired) electrons. The molecular weight excluding hydrogens is 192 g/mol. The number of hydrogen-bond donors (Lipinski definition) is 3. The fourth-order valence-electron chi connectivity index (χ4n) is 2.05. The predicted molar refractivity (Wildman–Crippen MR) is 60.7 cm³/mol. The lowest BCUT2D eigenvalue weighted by molar-refractivity contribution is 0.0747. The second-order valence-corrected chi connectivity index (χ2v) is 4.72. The van der Waals surface area contributed by atoms with Gasteiger partial charge in [-0.25, -0.2) is 0 Å². The maximum absolute atomic E-state index is 9.10. The first-order valence-corrected chi connectivity index (χ1v) is 5.76. The summed E-state index contributed by atoms with van der Waals surface area (Å²) < 4.78 is 5.57. The van der Waals surface area contributed by atoms with Gasteiger partial charge in [-0.05, 0) is 26.2 Å². The molecule has 1 rings (SSSR count). The van der Waals surface area contributed by atoms with Crippen LogP contribution in [0.4, 0.5) is 0 Å². The minimum atomic E-state index is -0.108. The SMILES string of the molecule is CC(CO)C(C)NC1(CN)CCOC1C. The van der Waals surface area contributed by atoms with Gasteiger partial charge >= 0.3 is 0 Å². The maximum atomic E-state index is 9.10. The monoisotopic (exact) mass is 216 g/mol. The minimum Gasteiger partial charge on any atom is -0.396 e. The van der Waals surface area contributed by atoms with Gasteiger partial charge in [-0.2, -0.15) is 0 Å². The smallest absolute Gasteiger partial charge is 0.0741 e. The molecule has 4 atom stereocenters. The molecule has 1 aliphatic heterocycles. The zero-order chi connectivity index (χ0) is 11.5. The van der Waals surface area contributed by atoms with Crippen LogP contribution in [0, 0.1) is 5.92 Å². The van der Waals surface area contributed by atoms with Crippen LogP contribution in [0.3, 0.4) is 0 Å². The van der Waals surface area contributed by atoms with E-state index >= 15 is 0 Å². The largest absolute Gasteiger partial charge is 0.396 e. The van der Waals surface area contributed by atoms with Crippen LogP contribution in [0.2, 0.25) is 0 Å². The summed E-state index contributed by atoms with van der Waals surface area (Å²) in [6.07, 6.45) is 1.10. The van der Waals surface area contributed by atoms with Gasteiger partial charge in [0.25, 0.3) is 0 Å². The standard InChI is InChI=1S/C11H24N2O2/c1-8(6-14)9(2)13-11(7-12)4-5-15-10(11)3/h8-10,13-14H,4-7,12H2,1-3H3. The van der Waals surface area contributed by atoms with E-state index in [1.165, 1.54) is 0 Å². The van der Waals surface area contributed by atoms with Gasteiger partial charge in [0.2, 0.25) is 0 Å². The lowest BCUT2D eigenvalue weighted by atomic mass is 9.89. The number of rotatable bonds is 5. The van der Waals surface area contributed by atoms with Gasteiger partial charge in [-0.15, -0.1) is 0 Å². The minimum absolute atomic E-state index is 0.108. The molecule has 1 heterocycles. The summed E-state index contributed by atoms with van der Waals surface area (Å²) in [6.45, 7) is 7.72. The Bertz CT molecular complexity index is 201. The molecule has 4 nitrogen and oxygen atoms in total. The summed E-state index contributed by atoms with van der Waals surface area (Å²) in [5.74, 6) is 0.237. The highest BCUT2D eigenvalue weighted by atomic mass is 16.5. The Morgan fingerprint density at radius 1 is 1.60 bits per heavy atom. The van der Waals surface area contributed by atoms with E-state index in [1.54, 1.807) is 0 Å². The third-order valence-electron chi connectivity index (χ3n) is 3.72. The topological polar surface area (TPSA) is 67.5 Å². The van der Waals surface area contributed by atoms with Crippen molar-refractivity contribution in [3.63, 3.8) is 0 Å². The number of aliphatic hydroxyl groups is 1. The van der Waals surface area contributed by atoms with Gasteiger partial charge in [0.1, 0.15) is 0 Å². The summed E-state index contributed by atoms with van der Waals surface area (Å²) in [5.41, 5.74) is 5.74. The average molecular weight is 216 g/mol. The molecular formula is C11H24N2O2. The third kappa shape index (κ3) is 2.69. The van der Waals surface area contributed by atoms with E-state index < -0.39 is 0 Å². The number of ether oxygens (including phenoxy) is 1. The normalized spacial score (nSPS) is 35.4. The Balaban J connectivity index is 2.60. The number of nitrogens with one attached hydrogen (secondary N) is 1. The van der Waals surface area contributed by atoms with Gasteiger partial charge < -0.3 is 20.9 Å².